The summed E-state index contributed by atoms with van der Waals surface area (Å²) >= 11 is 0. The van der Waals surface area contributed by atoms with Crippen LogP contribution >= 0.6 is 0 Å². The van der Waals surface area contributed by atoms with Gasteiger partial charge in [-0.15, -0.1) is 0 Å². The average molecular weight is 220 g/mol. The summed E-state index contributed by atoms with van der Waals surface area (Å²) in [4.78, 5) is 0. The van der Waals surface area contributed by atoms with Gasteiger partial charge in [0, 0.05) is 6.61 Å². The van der Waals surface area contributed by atoms with E-state index in [2.05, 4.69) is 51.1 Å². The molecule has 0 aliphatic carbocycles. The van der Waals surface area contributed by atoms with E-state index in [0.717, 1.165) is 32.3 Å². The molecule has 0 spiro atoms. The predicted octanol–water partition coefficient (Wildman–Crippen LogP) is 4.52. The van der Waals surface area contributed by atoms with E-state index in [1.165, 1.54) is 5.56 Å². The second-order valence-electron chi connectivity index (χ2n) is 4.29. The molecule has 0 amide bonds. The van der Waals surface area contributed by atoms with Crippen molar-refractivity contribution in [1.82, 2.24) is 0 Å². The van der Waals surface area contributed by atoms with Crippen LogP contribution < -0.4 is 0 Å². The first-order valence-electron chi connectivity index (χ1n) is 6.48. The number of ether oxygens (including phenoxy) is 1. The molecule has 0 heterocycles. The van der Waals surface area contributed by atoms with Crippen LogP contribution in [0, 0.1) is 0 Å². The van der Waals surface area contributed by atoms with E-state index in [0.29, 0.717) is 0 Å². The average Bonchev–Trinajstić information content (AvgIpc) is 2.31. The lowest BCUT2D eigenvalue weighted by Gasteiger charge is -2.34. The Morgan fingerprint density at radius 2 is 1.50 bits per heavy atom. The molecule has 0 aromatic heterocycles. The third-order valence-corrected chi connectivity index (χ3v) is 3.03. The van der Waals surface area contributed by atoms with Crippen LogP contribution in [0.3, 0.4) is 0 Å². The molecule has 1 aromatic carbocycles. The van der Waals surface area contributed by atoms with Crippen molar-refractivity contribution < 1.29 is 4.74 Å². The molecule has 1 rings (SSSR count). The van der Waals surface area contributed by atoms with Crippen LogP contribution in [0.1, 0.15) is 52.0 Å². The lowest BCUT2D eigenvalue weighted by Crippen LogP contribution is -2.29. The maximum atomic E-state index is 6.10. The Balaban J connectivity index is 2.99. The van der Waals surface area contributed by atoms with Crippen LogP contribution in [0.2, 0.25) is 0 Å². The first kappa shape index (κ1) is 13.2. The third-order valence-electron chi connectivity index (χ3n) is 3.03. The normalized spacial score (nSPS) is 11.7. The maximum Gasteiger partial charge on any atom is 0.0930 e. The number of rotatable bonds is 7. The SMILES string of the molecule is CCCC(CCC)(OCC)c1ccccc1. The van der Waals surface area contributed by atoms with Gasteiger partial charge in [-0.3, -0.25) is 0 Å². The van der Waals surface area contributed by atoms with E-state index in [1.807, 2.05) is 0 Å². The van der Waals surface area contributed by atoms with Crippen LogP contribution in [0.15, 0.2) is 30.3 Å². The quantitative estimate of drug-likeness (QED) is 0.656. The van der Waals surface area contributed by atoms with Crippen molar-refractivity contribution >= 4 is 0 Å². The van der Waals surface area contributed by atoms with Gasteiger partial charge in [-0.2, -0.15) is 0 Å². The van der Waals surface area contributed by atoms with Gasteiger partial charge in [0.05, 0.1) is 5.60 Å². The summed E-state index contributed by atoms with van der Waals surface area (Å²) in [6.45, 7) is 7.33. The minimum Gasteiger partial charge on any atom is -0.371 e. The van der Waals surface area contributed by atoms with E-state index in [1.54, 1.807) is 0 Å². The molecule has 16 heavy (non-hydrogen) atoms. The van der Waals surface area contributed by atoms with Gasteiger partial charge in [0.15, 0.2) is 0 Å². The lowest BCUT2D eigenvalue weighted by molar-refractivity contribution is -0.0584. The molecule has 0 fully saturated rings. The molecule has 1 nitrogen and oxygen atoms in total. The van der Waals surface area contributed by atoms with Crippen molar-refractivity contribution in [3.63, 3.8) is 0 Å². The molecule has 1 heteroatoms. The van der Waals surface area contributed by atoms with E-state index < -0.39 is 0 Å². The Labute approximate surface area is 99.8 Å². The van der Waals surface area contributed by atoms with Crippen molar-refractivity contribution in [3.8, 4) is 0 Å². The van der Waals surface area contributed by atoms with Crippen LogP contribution in [0.5, 0.6) is 0 Å². The molecule has 0 unspecified atom stereocenters. The Bertz CT molecular complexity index is 262. The summed E-state index contributed by atoms with van der Waals surface area (Å²) in [6.07, 6.45) is 4.54. The third kappa shape index (κ3) is 3.08. The molecule has 0 N–H and O–H groups in total. The smallest absolute Gasteiger partial charge is 0.0930 e. The second-order valence-corrected chi connectivity index (χ2v) is 4.29. The molecule has 0 saturated heterocycles. The largest absolute Gasteiger partial charge is 0.371 e. The highest BCUT2D eigenvalue weighted by Gasteiger charge is 2.30. The van der Waals surface area contributed by atoms with Gasteiger partial charge >= 0.3 is 0 Å². The minimum atomic E-state index is -0.0560. The molecule has 0 radical (unpaired) electrons. The zero-order valence-corrected chi connectivity index (χ0v) is 10.8. The number of benzene rings is 1. The van der Waals surface area contributed by atoms with Gasteiger partial charge in [-0.05, 0) is 25.3 Å². The highest BCUT2D eigenvalue weighted by atomic mass is 16.5. The molecule has 0 aliphatic rings. The van der Waals surface area contributed by atoms with Crippen molar-refractivity contribution in [2.45, 2.75) is 52.1 Å². The predicted molar refractivity (Wildman–Crippen MR) is 69.6 cm³/mol. The van der Waals surface area contributed by atoms with E-state index in [4.69, 9.17) is 4.74 Å². The zero-order chi connectivity index (χ0) is 11.9. The highest BCUT2D eigenvalue weighted by molar-refractivity contribution is 5.22. The second kappa shape index (κ2) is 6.70. The Kier molecular flexibility index (Phi) is 5.54. The lowest BCUT2D eigenvalue weighted by atomic mass is 9.85. The molecule has 0 bridgehead atoms. The van der Waals surface area contributed by atoms with Crippen molar-refractivity contribution in [2.75, 3.05) is 6.61 Å². The highest BCUT2D eigenvalue weighted by Crippen LogP contribution is 2.35. The molecule has 0 saturated carbocycles. The van der Waals surface area contributed by atoms with Crippen molar-refractivity contribution in [2.24, 2.45) is 0 Å². The summed E-state index contributed by atoms with van der Waals surface area (Å²) in [7, 11) is 0. The number of hydrogen-bond donors (Lipinski definition) is 0. The maximum absolute atomic E-state index is 6.10. The molecule has 90 valence electrons. The molecular formula is C15H24O. The summed E-state index contributed by atoms with van der Waals surface area (Å²) in [5.41, 5.74) is 1.28. The van der Waals surface area contributed by atoms with E-state index in [-0.39, 0.29) is 5.60 Å². The van der Waals surface area contributed by atoms with Crippen LogP contribution in [0.4, 0.5) is 0 Å². The Morgan fingerprint density at radius 1 is 0.938 bits per heavy atom. The van der Waals surface area contributed by atoms with Gasteiger partial charge < -0.3 is 4.74 Å². The zero-order valence-electron chi connectivity index (χ0n) is 10.8. The van der Waals surface area contributed by atoms with Crippen molar-refractivity contribution in [1.29, 1.82) is 0 Å². The molecule has 0 aliphatic heterocycles. The first-order chi connectivity index (χ1) is 7.79. The fourth-order valence-electron chi connectivity index (χ4n) is 2.47. The monoisotopic (exact) mass is 220 g/mol. The van der Waals surface area contributed by atoms with Gasteiger partial charge in [0.25, 0.3) is 0 Å². The van der Waals surface area contributed by atoms with Crippen LogP contribution in [-0.2, 0) is 10.3 Å². The fourth-order valence-corrected chi connectivity index (χ4v) is 2.47. The summed E-state index contributed by atoms with van der Waals surface area (Å²) < 4.78 is 6.10. The van der Waals surface area contributed by atoms with Gasteiger partial charge in [0.1, 0.15) is 0 Å². The van der Waals surface area contributed by atoms with Crippen LogP contribution in [0.25, 0.3) is 0 Å². The van der Waals surface area contributed by atoms with E-state index >= 15 is 0 Å². The van der Waals surface area contributed by atoms with E-state index in [9.17, 15) is 0 Å². The molecule has 0 atom stereocenters. The van der Waals surface area contributed by atoms with Gasteiger partial charge in [-0.1, -0.05) is 57.0 Å². The molecule has 1 aromatic rings. The Morgan fingerprint density at radius 3 is 1.94 bits per heavy atom. The molecular weight excluding hydrogens is 196 g/mol. The summed E-state index contributed by atoms with van der Waals surface area (Å²) in [5, 5.41) is 0. The van der Waals surface area contributed by atoms with Crippen LogP contribution in [-0.4, -0.2) is 6.61 Å². The van der Waals surface area contributed by atoms with Gasteiger partial charge in [0.2, 0.25) is 0 Å². The number of hydrogen-bond acceptors (Lipinski definition) is 1. The topological polar surface area (TPSA) is 9.23 Å². The standard InChI is InChI=1S/C15H24O/c1-4-12-15(13-5-2,16-6-3)14-10-8-7-9-11-14/h7-11H,4-6,12-13H2,1-3H3. The summed E-state index contributed by atoms with van der Waals surface area (Å²) in [5.74, 6) is 0. The fraction of sp³-hybridized carbons (Fsp3) is 0.600. The Hall–Kier alpha value is -0.820. The summed E-state index contributed by atoms with van der Waals surface area (Å²) in [6, 6.07) is 10.7. The van der Waals surface area contributed by atoms with Gasteiger partial charge in [-0.25, -0.2) is 0 Å². The minimum absolute atomic E-state index is 0.0560. The van der Waals surface area contributed by atoms with Crippen molar-refractivity contribution in [3.05, 3.63) is 35.9 Å². The first-order valence-corrected chi connectivity index (χ1v) is 6.48.